The van der Waals surface area contributed by atoms with E-state index in [-0.39, 0.29) is 22.2 Å². The number of nitro benzene ring substituents is 1. The second-order valence-corrected chi connectivity index (χ2v) is 4.46. The summed E-state index contributed by atoms with van der Waals surface area (Å²) in [6.07, 6.45) is 0. The molecule has 0 bridgehead atoms. The minimum Gasteiger partial charge on any atom is -0.306 e. The van der Waals surface area contributed by atoms with Gasteiger partial charge in [0.1, 0.15) is 16.5 Å². The molecule has 7 heteroatoms. The third-order valence-corrected chi connectivity index (χ3v) is 2.76. The number of rotatable bonds is 3. The average Bonchev–Trinajstić information content (AvgIpc) is 2.38. The standard InChI is InChI=1S/C13H10ClN3O3/c1-8-5-6-10(17(19)20)9(7-8)13(18)16-12-4-2-3-11(14)15-12/h2-7H,1H3,(H,15,16,18). The fraction of sp³-hybridized carbons (Fsp3) is 0.0769. The minimum absolute atomic E-state index is 0.0169. The van der Waals surface area contributed by atoms with Gasteiger partial charge in [-0.2, -0.15) is 0 Å². The minimum atomic E-state index is -0.602. The van der Waals surface area contributed by atoms with E-state index in [1.807, 2.05) is 0 Å². The molecule has 0 fully saturated rings. The molecule has 1 N–H and O–H groups in total. The molecule has 0 aliphatic heterocycles. The van der Waals surface area contributed by atoms with Crippen LogP contribution in [0.5, 0.6) is 0 Å². The molecule has 1 heterocycles. The Hall–Kier alpha value is -2.47. The number of benzene rings is 1. The molecule has 6 nitrogen and oxygen atoms in total. The van der Waals surface area contributed by atoms with Crippen molar-refractivity contribution in [3.05, 3.63) is 62.8 Å². The van der Waals surface area contributed by atoms with Gasteiger partial charge in [0.05, 0.1) is 4.92 Å². The molecular formula is C13H10ClN3O3. The van der Waals surface area contributed by atoms with Crippen LogP contribution in [0.3, 0.4) is 0 Å². The number of carbonyl (C=O) groups excluding carboxylic acids is 1. The van der Waals surface area contributed by atoms with Crippen molar-refractivity contribution in [1.29, 1.82) is 0 Å². The molecule has 102 valence electrons. The van der Waals surface area contributed by atoms with Crippen LogP contribution in [0.25, 0.3) is 0 Å². The Morgan fingerprint density at radius 1 is 1.35 bits per heavy atom. The van der Waals surface area contributed by atoms with Crippen molar-refractivity contribution in [3.8, 4) is 0 Å². The Bertz CT molecular complexity index is 688. The number of nitro groups is 1. The predicted molar refractivity (Wildman–Crippen MR) is 75.0 cm³/mol. The Morgan fingerprint density at radius 3 is 2.75 bits per heavy atom. The Balaban J connectivity index is 2.34. The van der Waals surface area contributed by atoms with Gasteiger partial charge in [0.25, 0.3) is 11.6 Å². The average molecular weight is 292 g/mol. The van der Waals surface area contributed by atoms with Crippen molar-refractivity contribution in [3.63, 3.8) is 0 Å². The van der Waals surface area contributed by atoms with E-state index in [1.165, 1.54) is 12.1 Å². The number of hydrogen-bond acceptors (Lipinski definition) is 4. The number of aromatic nitrogens is 1. The highest BCUT2D eigenvalue weighted by Gasteiger charge is 2.20. The van der Waals surface area contributed by atoms with Gasteiger partial charge in [0, 0.05) is 6.07 Å². The zero-order valence-electron chi connectivity index (χ0n) is 10.5. The molecule has 1 amide bonds. The SMILES string of the molecule is Cc1ccc([N+](=O)[O-])c(C(=O)Nc2cccc(Cl)n2)c1. The van der Waals surface area contributed by atoms with Crippen molar-refractivity contribution in [2.45, 2.75) is 6.92 Å². The van der Waals surface area contributed by atoms with Crippen molar-refractivity contribution < 1.29 is 9.72 Å². The summed E-state index contributed by atoms with van der Waals surface area (Å²) in [5, 5.41) is 13.6. The van der Waals surface area contributed by atoms with Crippen LogP contribution in [-0.4, -0.2) is 15.8 Å². The summed E-state index contributed by atoms with van der Waals surface area (Å²) in [6.45, 7) is 1.75. The second kappa shape index (κ2) is 5.66. The first kappa shape index (κ1) is 14.0. The van der Waals surface area contributed by atoms with Gasteiger partial charge in [-0.15, -0.1) is 0 Å². The summed E-state index contributed by atoms with van der Waals surface area (Å²) >= 11 is 5.71. The third-order valence-electron chi connectivity index (χ3n) is 2.55. The van der Waals surface area contributed by atoms with Crippen LogP contribution in [0.15, 0.2) is 36.4 Å². The van der Waals surface area contributed by atoms with Crippen LogP contribution in [0.4, 0.5) is 11.5 Å². The molecule has 2 aromatic rings. The summed E-state index contributed by atoms with van der Waals surface area (Å²) in [5.74, 6) is -0.367. The van der Waals surface area contributed by atoms with Gasteiger partial charge in [-0.25, -0.2) is 4.98 Å². The molecule has 20 heavy (non-hydrogen) atoms. The van der Waals surface area contributed by atoms with Crippen molar-refractivity contribution in [2.24, 2.45) is 0 Å². The Kier molecular flexibility index (Phi) is 3.95. The van der Waals surface area contributed by atoms with E-state index in [2.05, 4.69) is 10.3 Å². The van der Waals surface area contributed by atoms with E-state index < -0.39 is 10.8 Å². The van der Waals surface area contributed by atoms with Crippen LogP contribution < -0.4 is 5.32 Å². The zero-order chi connectivity index (χ0) is 14.7. The maximum absolute atomic E-state index is 12.1. The molecule has 0 radical (unpaired) electrons. The normalized spacial score (nSPS) is 10.1. The fourth-order valence-electron chi connectivity index (χ4n) is 1.65. The van der Waals surface area contributed by atoms with Crippen molar-refractivity contribution in [2.75, 3.05) is 5.32 Å². The van der Waals surface area contributed by atoms with Gasteiger partial charge in [-0.05, 0) is 30.7 Å². The summed E-state index contributed by atoms with van der Waals surface area (Å²) in [4.78, 5) is 26.3. The molecule has 0 saturated heterocycles. The molecule has 1 aromatic heterocycles. The second-order valence-electron chi connectivity index (χ2n) is 4.08. The van der Waals surface area contributed by atoms with Gasteiger partial charge >= 0.3 is 0 Å². The first-order valence-corrected chi connectivity index (χ1v) is 6.04. The highest BCUT2D eigenvalue weighted by atomic mass is 35.5. The number of pyridine rings is 1. The van der Waals surface area contributed by atoms with Gasteiger partial charge < -0.3 is 5.32 Å². The van der Waals surface area contributed by atoms with Crippen LogP contribution >= 0.6 is 11.6 Å². The fourth-order valence-corrected chi connectivity index (χ4v) is 1.82. The molecule has 0 saturated carbocycles. The molecular weight excluding hydrogens is 282 g/mol. The summed E-state index contributed by atoms with van der Waals surface area (Å²) in [7, 11) is 0. The van der Waals surface area contributed by atoms with Crippen LogP contribution in [0.2, 0.25) is 5.15 Å². The highest BCUT2D eigenvalue weighted by molar-refractivity contribution is 6.29. The summed E-state index contributed by atoms with van der Waals surface area (Å²) < 4.78 is 0. The lowest BCUT2D eigenvalue weighted by Crippen LogP contribution is -2.15. The van der Waals surface area contributed by atoms with E-state index in [4.69, 9.17) is 11.6 Å². The molecule has 0 aliphatic rings. The van der Waals surface area contributed by atoms with Gasteiger partial charge in [0.2, 0.25) is 0 Å². The van der Waals surface area contributed by atoms with Gasteiger partial charge in [-0.3, -0.25) is 14.9 Å². The topological polar surface area (TPSA) is 85.1 Å². The molecule has 1 aromatic carbocycles. The Morgan fingerprint density at radius 2 is 2.10 bits per heavy atom. The quantitative estimate of drug-likeness (QED) is 0.534. The van der Waals surface area contributed by atoms with Crippen molar-refractivity contribution in [1.82, 2.24) is 4.98 Å². The number of halogens is 1. The largest absolute Gasteiger partial charge is 0.306 e. The number of carbonyl (C=O) groups is 1. The van der Waals surface area contributed by atoms with Gasteiger partial charge in [0.15, 0.2) is 0 Å². The lowest BCUT2D eigenvalue weighted by Gasteiger charge is -2.06. The van der Waals surface area contributed by atoms with Crippen molar-refractivity contribution >= 4 is 29.0 Å². The number of anilines is 1. The smallest absolute Gasteiger partial charge is 0.282 e. The van der Waals surface area contributed by atoms with E-state index in [0.717, 1.165) is 5.56 Å². The maximum atomic E-state index is 12.1. The lowest BCUT2D eigenvalue weighted by molar-refractivity contribution is -0.385. The third kappa shape index (κ3) is 3.10. The summed E-state index contributed by atoms with van der Waals surface area (Å²) in [5.41, 5.74) is 0.478. The van der Waals surface area contributed by atoms with E-state index in [9.17, 15) is 14.9 Å². The Labute approximate surface area is 119 Å². The molecule has 0 unspecified atom stereocenters. The van der Waals surface area contributed by atoms with Gasteiger partial charge in [-0.1, -0.05) is 23.7 Å². The first-order valence-electron chi connectivity index (χ1n) is 5.66. The maximum Gasteiger partial charge on any atom is 0.282 e. The number of nitrogens with one attached hydrogen (secondary N) is 1. The molecule has 0 aliphatic carbocycles. The predicted octanol–water partition coefficient (Wildman–Crippen LogP) is 3.20. The molecule has 0 spiro atoms. The zero-order valence-corrected chi connectivity index (χ0v) is 11.2. The highest BCUT2D eigenvalue weighted by Crippen LogP contribution is 2.21. The number of hydrogen-bond donors (Lipinski definition) is 1. The van der Waals surface area contributed by atoms with E-state index in [1.54, 1.807) is 31.2 Å². The summed E-state index contributed by atoms with van der Waals surface area (Å²) in [6, 6.07) is 9.06. The van der Waals surface area contributed by atoms with Crippen LogP contribution in [0.1, 0.15) is 15.9 Å². The number of aryl methyl sites for hydroxylation is 1. The number of amides is 1. The lowest BCUT2D eigenvalue weighted by atomic mass is 10.1. The van der Waals surface area contributed by atoms with Crippen LogP contribution in [0, 0.1) is 17.0 Å². The van der Waals surface area contributed by atoms with E-state index >= 15 is 0 Å². The van der Waals surface area contributed by atoms with E-state index in [0.29, 0.717) is 0 Å². The van der Waals surface area contributed by atoms with Crippen LogP contribution in [-0.2, 0) is 0 Å². The number of nitrogens with zero attached hydrogens (tertiary/aromatic N) is 2. The first-order chi connectivity index (χ1) is 9.47. The molecule has 0 atom stereocenters. The monoisotopic (exact) mass is 291 g/mol. The molecule has 2 rings (SSSR count).